The number of hydrogen-bond donors (Lipinski definition) is 1. The zero-order valence-electron chi connectivity index (χ0n) is 13.2. The van der Waals surface area contributed by atoms with Crippen LogP contribution >= 0.6 is 11.6 Å². The summed E-state index contributed by atoms with van der Waals surface area (Å²) in [7, 11) is -0.659. The van der Waals surface area contributed by atoms with Gasteiger partial charge in [0.1, 0.15) is 0 Å². The van der Waals surface area contributed by atoms with Crippen LogP contribution < -0.4 is 0 Å². The minimum absolute atomic E-state index is 0.234. The van der Waals surface area contributed by atoms with Gasteiger partial charge in [-0.1, -0.05) is 29.8 Å². The molecule has 1 fully saturated rings. The molecule has 22 heavy (non-hydrogen) atoms. The second kappa shape index (κ2) is 6.16. The first-order valence-corrected chi connectivity index (χ1v) is 7.50. The number of aliphatic hydroxyl groups excluding tert-OH is 1. The lowest BCUT2D eigenvalue weighted by Crippen LogP contribution is -2.41. The summed E-state index contributed by atoms with van der Waals surface area (Å²) in [6, 6.07) is 5.16. The van der Waals surface area contributed by atoms with Crippen LogP contribution in [0.15, 0.2) is 23.7 Å². The van der Waals surface area contributed by atoms with Crippen molar-refractivity contribution in [2.75, 3.05) is 6.61 Å². The Hall–Kier alpha value is -1.14. The topological polar surface area (TPSA) is 55.8 Å². The molecule has 0 aliphatic carbocycles. The van der Waals surface area contributed by atoms with Gasteiger partial charge in [-0.15, -0.1) is 0 Å². The second-order valence-electron chi connectivity index (χ2n) is 6.33. The highest BCUT2D eigenvalue weighted by Crippen LogP contribution is 2.38. The minimum Gasteiger partial charge on any atom is -0.400 e. The Morgan fingerprint density at radius 2 is 1.86 bits per heavy atom. The fraction of sp³-hybridized carbons (Fsp3) is 0.438. The highest BCUT2D eigenvalue weighted by molar-refractivity contribution is 6.55. The van der Waals surface area contributed by atoms with Crippen molar-refractivity contribution in [3.05, 3.63) is 39.8 Å². The molecule has 1 saturated heterocycles. The van der Waals surface area contributed by atoms with E-state index in [-0.39, 0.29) is 6.61 Å². The van der Waals surface area contributed by atoms with Crippen molar-refractivity contribution >= 4 is 31.1 Å². The highest BCUT2D eigenvalue weighted by atomic mass is 35.5. The molecule has 1 aromatic rings. The zero-order chi connectivity index (χ0) is 16.5. The maximum Gasteiger partial charge on any atom is 0.492 e. The fourth-order valence-electron chi connectivity index (χ4n) is 2.19. The maximum atomic E-state index is 11.2. The summed E-state index contributed by atoms with van der Waals surface area (Å²) in [5.74, 6) is 0. The summed E-state index contributed by atoms with van der Waals surface area (Å²) in [5.41, 5.74) is 0.568. The average Bonchev–Trinajstić information content (AvgIpc) is 2.64. The van der Waals surface area contributed by atoms with Crippen LogP contribution in [0.25, 0.3) is 6.08 Å². The normalized spacial score (nSPS) is 20.3. The number of hydrogen-bond acceptors (Lipinski definition) is 4. The van der Waals surface area contributed by atoms with Crippen LogP contribution in [-0.2, 0) is 9.31 Å². The van der Waals surface area contributed by atoms with Crippen molar-refractivity contribution in [2.45, 2.75) is 38.9 Å². The molecule has 0 atom stereocenters. The Morgan fingerprint density at radius 1 is 1.27 bits per heavy atom. The van der Waals surface area contributed by atoms with Crippen LogP contribution in [-0.4, -0.2) is 36.3 Å². The fourth-order valence-corrected chi connectivity index (χ4v) is 2.41. The largest absolute Gasteiger partial charge is 0.492 e. The first-order valence-electron chi connectivity index (χ1n) is 7.12. The second-order valence-corrected chi connectivity index (χ2v) is 6.73. The summed E-state index contributed by atoms with van der Waals surface area (Å²) >= 11 is 6.02. The van der Waals surface area contributed by atoms with Gasteiger partial charge in [-0.3, -0.25) is 4.79 Å². The smallest absolute Gasteiger partial charge is 0.400 e. The molecule has 0 saturated carbocycles. The Bertz CT molecular complexity index is 594. The summed E-state index contributed by atoms with van der Waals surface area (Å²) in [5, 5.41) is 10.0. The lowest BCUT2D eigenvalue weighted by molar-refractivity contribution is 0.00578. The van der Waals surface area contributed by atoms with E-state index < -0.39 is 18.3 Å². The van der Waals surface area contributed by atoms with Crippen LogP contribution in [0, 0.1) is 0 Å². The SMILES string of the molecule is CC1(C)OB(C(=Cc2cccc(Cl)c2C=O)CO)OC1(C)C. The molecule has 1 heterocycles. The molecule has 118 valence electrons. The first-order chi connectivity index (χ1) is 10.2. The van der Waals surface area contributed by atoms with Crippen molar-refractivity contribution in [1.29, 1.82) is 0 Å². The predicted molar refractivity (Wildman–Crippen MR) is 88.0 cm³/mol. The molecular formula is C16H20BClO4. The number of carbonyl (C=O) groups excluding carboxylic acids is 1. The van der Waals surface area contributed by atoms with E-state index in [0.29, 0.717) is 27.9 Å². The molecule has 0 radical (unpaired) electrons. The molecule has 2 rings (SSSR count). The third-order valence-corrected chi connectivity index (χ3v) is 4.61. The van der Waals surface area contributed by atoms with Gasteiger partial charge in [-0.05, 0) is 44.8 Å². The molecule has 0 bridgehead atoms. The molecule has 0 spiro atoms. The van der Waals surface area contributed by atoms with Gasteiger partial charge in [0, 0.05) is 5.56 Å². The molecule has 6 heteroatoms. The van der Waals surface area contributed by atoms with E-state index in [9.17, 15) is 9.90 Å². The molecule has 4 nitrogen and oxygen atoms in total. The first kappa shape index (κ1) is 17.2. The van der Waals surface area contributed by atoms with Crippen molar-refractivity contribution in [2.24, 2.45) is 0 Å². The number of rotatable bonds is 4. The Balaban J connectivity index is 2.38. The summed E-state index contributed by atoms with van der Waals surface area (Å²) in [4.78, 5) is 11.2. The van der Waals surface area contributed by atoms with Gasteiger partial charge in [0.15, 0.2) is 6.29 Å². The molecular weight excluding hydrogens is 302 g/mol. The summed E-state index contributed by atoms with van der Waals surface area (Å²) < 4.78 is 11.8. The Labute approximate surface area is 136 Å². The molecule has 0 unspecified atom stereocenters. The van der Waals surface area contributed by atoms with E-state index in [1.807, 2.05) is 27.7 Å². The molecule has 1 aliphatic heterocycles. The van der Waals surface area contributed by atoms with Crippen molar-refractivity contribution in [3.63, 3.8) is 0 Å². The molecule has 1 N–H and O–H groups in total. The molecule has 0 aromatic heterocycles. The lowest BCUT2D eigenvalue weighted by Gasteiger charge is -2.32. The van der Waals surface area contributed by atoms with Crippen molar-refractivity contribution in [3.8, 4) is 0 Å². The molecule has 0 amide bonds. The van der Waals surface area contributed by atoms with E-state index in [0.717, 1.165) is 0 Å². The van der Waals surface area contributed by atoms with Crippen molar-refractivity contribution < 1.29 is 19.2 Å². The van der Waals surface area contributed by atoms with Gasteiger partial charge in [0.25, 0.3) is 0 Å². The van der Waals surface area contributed by atoms with Crippen LogP contribution in [0.2, 0.25) is 5.02 Å². The van der Waals surface area contributed by atoms with Crippen LogP contribution in [0.3, 0.4) is 0 Å². The number of benzene rings is 1. The van der Waals surface area contributed by atoms with E-state index in [1.54, 1.807) is 24.3 Å². The third kappa shape index (κ3) is 3.13. The number of halogens is 1. The Morgan fingerprint density at radius 3 is 2.36 bits per heavy atom. The molecule has 1 aliphatic rings. The lowest BCUT2D eigenvalue weighted by atomic mass is 9.77. The van der Waals surface area contributed by atoms with E-state index in [1.165, 1.54) is 0 Å². The van der Waals surface area contributed by atoms with Crippen molar-refractivity contribution in [1.82, 2.24) is 0 Å². The van der Waals surface area contributed by atoms with Gasteiger partial charge in [-0.25, -0.2) is 0 Å². The number of aldehydes is 1. The van der Waals surface area contributed by atoms with Gasteiger partial charge in [-0.2, -0.15) is 0 Å². The molecule has 1 aromatic carbocycles. The van der Waals surface area contributed by atoms with Gasteiger partial charge < -0.3 is 14.4 Å². The minimum atomic E-state index is -0.659. The third-order valence-electron chi connectivity index (χ3n) is 4.28. The summed E-state index contributed by atoms with van der Waals surface area (Å²) in [6.45, 7) is 7.54. The number of aliphatic hydroxyl groups is 1. The van der Waals surface area contributed by atoms with Gasteiger partial charge >= 0.3 is 7.12 Å². The van der Waals surface area contributed by atoms with E-state index >= 15 is 0 Å². The van der Waals surface area contributed by atoms with Crippen LogP contribution in [0.4, 0.5) is 0 Å². The summed E-state index contributed by atoms with van der Waals surface area (Å²) in [6.07, 6.45) is 2.39. The van der Waals surface area contributed by atoms with E-state index in [4.69, 9.17) is 20.9 Å². The average molecular weight is 323 g/mol. The van der Waals surface area contributed by atoms with Crippen LogP contribution in [0.1, 0.15) is 43.6 Å². The Kier molecular flexibility index (Phi) is 4.83. The van der Waals surface area contributed by atoms with E-state index in [2.05, 4.69) is 0 Å². The predicted octanol–water partition coefficient (Wildman–Crippen LogP) is 3.16. The quantitative estimate of drug-likeness (QED) is 0.683. The van der Waals surface area contributed by atoms with Gasteiger partial charge in [0.05, 0.1) is 22.8 Å². The number of carbonyl (C=O) groups is 1. The highest BCUT2D eigenvalue weighted by Gasteiger charge is 2.52. The van der Waals surface area contributed by atoms with Crippen LogP contribution in [0.5, 0.6) is 0 Å². The zero-order valence-corrected chi connectivity index (χ0v) is 14.0. The monoisotopic (exact) mass is 322 g/mol. The van der Waals surface area contributed by atoms with Gasteiger partial charge in [0.2, 0.25) is 0 Å². The maximum absolute atomic E-state index is 11.2. The standard InChI is InChI=1S/C16H20BClO4/c1-15(2)16(3,4)22-17(21-15)12(9-19)8-11-6-5-7-14(18)13(11)10-20/h5-8,10,19H,9H2,1-4H3.